The topological polar surface area (TPSA) is 92.6 Å². The van der Waals surface area contributed by atoms with Crippen molar-refractivity contribution >= 4 is 40.7 Å². The van der Waals surface area contributed by atoms with Crippen LogP contribution in [0.5, 0.6) is 0 Å². The summed E-state index contributed by atoms with van der Waals surface area (Å²) >= 11 is 11.8. The number of para-hydroxylation sites is 1. The van der Waals surface area contributed by atoms with E-state index in [0.717, 1.165) is 5.01 Å². The van der Waals surface area contributed by atoms with Gasteiger partial charge in [0.15, 0.2) is 0 Å². The molecule has 0 heterocycles. The molecule has 1 N–H and O–H groups in total. The lowest BCUT2D eigenvalue weighted by atomic mass is 10.1. The zero-order valence-electron chi connectivity index (χ0n) is 14.8. The van der Waals surface area contributed by atoms with Crippen molar-refractivity contribution in [2.24, 2.45) is 0 Å². The van der Waals surface area contributed by atoms with E-state index in [9.17, 15) is 19.7 Å². The van der Waals surface area contributed by atoms with Gasteiger partial charge in [0.25, 0.3) is 17.5 Å². The number of halogens is 2. The molecule has 2 aromatic rings. The summed E-state index contributed by atoms with van der Waals surface area (Å²) in [5.41, 5.74) is 1.36. The van der Waals surface area contributed by atoms with Crippen molar-refractivity contribution in [2.45, 2.75) is 26.3 Å². The van der Waals surface area contributed by atoms with E-state index in [2.05, 4.69) is 5.43 Å². The van der Waals surface area contributed by atoms with Crippen LogP contribution < -0.4 is 5.43 Å². The highest BCUT2D eigenvalue weighted by molar-refractivity contribution is 6.42. The summed E-state index contributed by atoms with van der Waals surface area (Å²) in [6, 6.07) is 9.84. The highest BCUT2D eigenvalue weighted by Gasteiger charge is 2.33. The van der Waals surface area contributed by atoms with E-state index < -0.39 is 22.3 Å². The minimum atomic E-state index is -0.854. The normalized spacial score (nSPS) is 11.0. The number of hydrogen-bond donors (Lipinski definition) is 1. The van der Waals surface area contributed by atoms with Gasteiger partial charge in [-0.1, -0.05) is 35.3 Å². The second-order valence-corrected chi connectivity index (χ2v) is 7.47. The maximum atomic E-state index is 13.0. The van der Waals surface area contributed by atoms with Gasteiger partial charge in [0.1, 0.15) is 5.56 Å². The molecule has 7 nitrogen and oxygen atoms in total. The Morgan fingerprint density at radius 1 is 1.07 bits per heavy atom. The summed E-state index contributed by atoms with van der Waals surface area (Å²) in [5.74, 6) is -1.31. The van der Waals surface area contributed by atoms with Crippen LogP contribution in [0.15, 0.2) is 42.5 Å². The molecule has 0 aliphatic rings. The zero-order valence-corrected chi connectivity index (χ0v) is 16.3. The third-order valence-electron chi connectivity index (χ3n) is 3.60. The molecular formula is C18H17Cl2N3O4. The standard InChI is InChI=1S/C18H17Cl2N3O4/c1-18(2,3)22(17(25)12-6-4-5-7-15(12)23(26)27)21-16(24)11-8-9-13(19)14(20)10-11/h4-10H,1-3H3,(H,21,24). The van der Waals surface area contributed by atoms with Crippen LogP contribution in [0.3, 0.4) is 0 Å². The van der Waals surface area contributed by atoms with Gasteiger partial charge >= 0.3 is 0 Å². The third kappa shape index (κ3) is 4.75. The van der Waals surface area contributed by atoms with Crippen LogP contribution in [0.25, 0.3) is 0 Å². The molecule has 2 amide bonds. The zero-order chi connectivity index (χ0) is 20.4. The van der Waals surface area contributed by atoms with Crippen LogP contribution in [-0.2, 0) is 0 Å². The fourth-order valence-corrected chi connectivity index (χ4v) is 2.56. The van der Waals surface area contributed by atoms with Gasteiger partial charge in [0, 0.05) is 11.6 Å². The average Bonchev–Trinajstić information content (AvgIpc) is 2.60. The number of nitrogens with one attached hydrogen (secondary N) is 1. The predicted octanol–water partition coefficient (Wildman–Crippen LogP) is 4.49. The van der Waals surface area contributed by atoms with Crippen molar-refractivity contribution in [3.05, 3.63) is 73.8 Å². The van der Waals surface area contributed by atoms with Gasteiger partial charge in [-0.2, -0.15) is 0 Å². The molecule has 0 aromatic heterocycles. The molecule has 0 saturated carbocycles. The van der Waals surface area contributed by atoms with Crippen LogP contribution >= 0.6 is 23.2 Å². The van der Waals surface area contributed by atoms with E-state index in [1.165, 1.54) is 42.5 Å². The Kier molecular flexibility index (Phi) is 6.08. The van der Waals surface area contributed by atoms with Crippen molar-refractivity contribution in [3.63, 3.8) is 0 Å². The molecule has 0 spiro atoms. The monoisotopic (exact) mass is 409 g/mol. The fraction of sp³-hybridized carbons (Fsp3) is 0.222. The van der Waals surface area contributed by atoms with Crippen molar-refractivity contribution < 1.29 is 14.5 Å². The number of carbonyl (C=O) groups excluding carboxylic acids is 2. The molecule has 0 fully saturated rings. The summed E-state index contributed by atoms with van der Waals surface area (Å²) < 4.78 is 0. The van der Waals surface area contributed by atoms with Gasteiger partial charge in [-0.05, 0) is 45.0 Å². The number of benzene rings is 2. The molecule has 0 atom stereocenters. The summed E-state index contributed by atoms with van der Waals surface area (Å²) in [4.78, 5) is 36.1. The smallest absolute Gasteiger partial charge is 0.267 e. The maximum absolute atomic E-state index is 13.0. The van der Waals surface area contributed by atoms with E-state index in [0.29, 0.717) is 0 Å². The van der Waals surface area contributed by atoms with E-state index in [-0.39, 0.29) is 26.9 Å². The molecule has 0 saturated heterocycles. The number of carbonyl (C=O) groups is 2. The first-order valence-electron chi connectivity index (χ1n) is 7.86. The minimum absolute atomic E-state index is 0.133. The SMILES string of the molecule is CC(C)(C)N(NC(=O)c1ccc(Cl)c(Cl)c1)C(=O)c1ccccc1[N+](=O)[O-]. The summed E-state index contributed by atoms with van der Waals surface area (Å²) in [6.07, 6.45) is 0. The number of rotatable bonds is 3. The average molecular weight is 410 g/mol. The molecule has 0 radical (unpaired) electrons. The summed E-state index contributed by atoms with van der Waals surface area (Å²) in [5, 5.41) is 12.8. The van der Waals surface area contributed by atoms with Crippen molar-refractivity contribution in [2.75, 3.05) is 0 Å². The number of hydrazine groups is 1. The van der Waals surface area contributed by atoms with Gasteiger partial charge in [-0.3, -0.25) is 25.1 Å². The molecule has 0 aliphatic heterocycles. The first kappa shape index (κ1) is 20.7. The number of nitro groups is 1. The van der Waals surface area contributed by atoms with Gasteiger partial charge in [0.2, 0.25) is 0 Å². The Labute approximate surface area is 166 Å². The van der Waals surface area contributed by atoms with Crippen LogP contribution in [0.4, 0.5) is 5.69 Å². The molecule has 27 heavy (non-hydrogen) atoms. The Morgan fingerprint density at radius 3 is 2.26 bits per heavy atom. The maximum Gasteiger partial charge on any atom is 0.282 e. The molecule has 142 valence electrons. The fourth-order valence-electron chi connectivity index (χ4n) is 2.26. The highest BCUT2D eigenvalue weighted by atomic mass is 35.5. The second kappa shape index (κ2) is 7.94. The Balaban J connectivity index is 2.39. The Bertz CT molecular complexity index is 910. The van der Waals surface area contributed by atoms with Crippen molar-refractivity contribution in [3.8, 4) is 0 Å². The molecule has 2 aromatic carbocycles. The predicted molar refractivity (Wildman–Crippen MR) is 103 cm³/mol. The van der Waals surface area contributed by atoms with E-state index in [4.69, 9.17) is 23.2 Å². The first-order chi connectivity index (χ1) is 12.5. The Hall–Kier alpha value is -2.64. The molecule has 9 heteroatoms. The molecule has 2 rings (SSSR count). The first-order valence-corrected chi connectivity index (χ1v) is 8.62. The highest BCUT2D eigenvalue weighted by Crippen LogP contribution is 2.25. The van der Waals surface area contributed by atoms with Crippen LogP contribution in [0.1, 0.15) is 41.5 Å². The van der Waals surface area contributed by atoms with E-state index in [1.54, 1.807) is 20.8 Å². The lowest BCUT2D eigenvalue weighted by molar-refractivity contribution is -0.385. The van der Waals surface area contributed by atoms with Crippen molar-refractivity contribution in [1.82, 2.24) is 10.4 Å². The largest absolute Gasteiger partial charge is 0.282 e. The van der Waals surface area contributed by atoms with Crippen LogP contribution in [-0.4, -0.2) is 27.3 Å². The molecular weight excluding hydrogens is 393 g/mol. The quantitative estimate of drug-likeness (QED) is 0.596. The lowest BCUT2D eigenvalue weighted by Crippen LogP contribution is -2.56. The molecule has 0 aliphatic carbocycles. The van der Waals surface area contributed by atoms with Gasteiger partial charge in [-0.15, -0.1) is 0 Å². The lowest BCUT2D eigenvalue weighted by Gasteiger charge is -2.35. The van der Waals surface area contributed by atoms with E-state index in [1.807, 2.05) is 0 Å². The van der Waals surface area contributed by atoms with Crippen molar-refractivity contribution in [1.29, 1.82) is 0 Å². The number of nitrogens with zero attached hydrogens (tertiary/aromatic N) is 2. The molecule has 0 bridgehead atoms. The summed E-state index contributed by atoms with van der Waals surface area (Å²) in [7, 11) is 0. The number of nitro benzene ring substituents is 1. The van der Waals surface area contributed by atoms with E-state index >= 15 is 0 Å². The van der Waals surface area contributed by atoms with Crippen LogP contribution in [0.2, 0.25) is 10.0 Å². The third-order valence-corrected chi connectivity index (χ3v) is 4.34. The second-order valence-electron chi connectivity index (χ2n) is 6.66. The van der Waals surface area contributed by atoms with Gasteiger partial charge < -0.3 is 0 Å². The van der Waals surface area contributed by atoms with Gasteiger partial charge in [0.05, 0.1) is 20.5 Å². The number of amides is 2. The van der Waals surface area contributed by atoms with Gasteiger partial charge in [-0.25, -0.2) is 5.01 Å². The molecule has 0 unspecified atom stereocenters. The van der Waals surface area contributed by atoms with Crippen LogP contribution in [0, 0.1) is 10.1 Å². The number of hydrogen-bond acceptors (Lipinski definition) is 4. The minimum Gasteiger partial charge on any atom is -0.267 e. The Morgan fingerprint density at radius 2 is 1.70 bits per heavy atom. The summed E-state index contributed by atoms with van der Waals surface area (Å²) in [6.45, 7) is 5.07.